The number of hydrogen-bond donors (Lipinski definition) is 2. The number of nitrogens with one attached hydrogen (secondary N) is 1. The maximum atomic E-state index is 12.1. The first-order valence-corrected chi connectivity index (χ1v) is 6.96. The van der Waals surface area contributed by atoms with E-state index in [1.165, 1.54) is 19.2 Å². The smallest absolute Gasteiger partial charge is 0.326 e. The number of aliphatic carboxylic acids is 1. The number of methoxy groups -OCH3 is 1. The number of carboxylic acids is 1. The average Bonchev–Trinajstić information content (AvgIpc) is 2.45. The molecule has 22 heavy (non-hydrogen) atoms. The van der Waals surface area contributed by atoms with Crippen LogP contribution in [0.5, 0.6) is 0 Å². The van der Waals surface area contributed by atoms with Gasteiger partial charge in [-0.2, -0.15) is 5.10 Å². The Morgan fingerprint density at radius 2 is 2.09 bits per heavy atom. The summed E-state index contributed by atoms with van der Waals surface area (Å²) in [5.74, 6) is -1.61. The Kier molecular flexibility index (Phi) is 6.71. The van der Waals surface area contributed by atoms with Gasteiger partial charge in [-0.25, -0.2) is 9.48 Å². The Morgan fingerprint density at radius 3 is 2.64 bits per heavy atom. The highest BCUT2D eigenvalue weighted by Crippen LogP contribution is 2.06. The van der Waals surface area contributed by atoms with E-state index >= 15 is 0 Å². The third-order valence-electron chi connectivity index (χ3n) is 2.92. The van der Waals surface area contributed by atoms with Crippen molar-refractivity contribution >= 4 is 11.9 Å². The highest BCUT2D eigenvalue weighted by Gasteiger charge is 2.22. The minimum absolute atomic E-state index is 0.00860. The molecule has 1 heterocycles. The van der Waals surface area contributed by atoms with Crippen molar-refractivity contribution < 1.29 is 19.4 Å². The van der Waals surface area contributed by atoms with E-state index < -0.39 is 17.9 Å². The van der Waals surface area contributed by atoms with Crippen molar-refractivity contribution in [3.8, 4) is 0 Å². The summed E-state index contributed by atoms with van der Waals surface area (Å²) in [5, 5.41) is 15.5. The highest BCUT2D eigenvalue weighted by molar-refractivity contribution is 5.94. The highest BCUT2D eigenvalue weighted by atomic mass is 16.5. The first kappa shape index (κ1) is 17.8. The van der Waals surface area contributed by atoms with Crippen LogP contribution < -0.4 is 10.9 Å². The Hall–Kier alpha value is -2.22. The van der Waals surface area contributed by atoms with Gasteiger partial charge in [-0.05, 0) is 18.4 Å². The quantitative estimate of drug-likeness (QED) is 0.705. The van der Waals surface area contributed by atoms with E-state index in [1.54, 1.807) is 0 Å². The molecule has 0 aliphatic carbocycles. The predicted octanol–water partition coefficient (Wildman–Crippen LogP) is 0.119. The lowest BCUT2D eigenvalue weighted by atomic mass is 10.0. The molecule has 1 unspecified atom stereocenters. The molecule has 0 saturated heterocycles. The number of carbonyl (C=O) groups is 2. The molecule has 1 amide bonds. The fraction of sp³-hybridized carbons (Fsp3) is 0.571. The van der Waals surface area contributed by atoms with Crippen LogP contribution in [0, 0.1) is 5.92 Å². The van der Waals surface area contributed by atoms with Crippen molar-refractivity contribution in [2.75, 3.05) is 13.7 Å². The van der Waals surface area contributed by atoms with Gasteiger partial charge in [-0.3, -0.25) is 9.59 Å². The monoisotopic (exact) mass is 311 g/mol. The van der Waals surface area contributed by atoms with Gasteiger partial charge in [0, 0.05) is 13.2 Å². The van der Waals surface area contributed by atoms with Gasteiger partial charge in [-0.15, -0.1) is 0 Å². The van der Waals surface area contributed by atoms with Crippen LogP contribution in [0.4, 0.5) is 0 Å². The SMILES string of the molecule is COCCn1nc(C(=O)NC(CC(C)C)C(=O)O)ccc1=O. The standard InChI is InChI=1S/C14H21N3O5/c1-9(2)8-11(14(20)21)15-13(19)10-4-5-12(18)17(16-10)6-7-22-3/h4-5,9,11H,6-8H2,1-3H3,(H,15,19)(H,20,21). The number of ether oxygens (including phenoxy) is 1. The van der Waals surface area contributed by atoms with E-state index in [2.05, 4.69) is 10.4 Å². The minimum Gasteiger partial charge on any atom is -0.480 e. The van der Waals surface area contributed by atoms with Crippen molar-refractivity contribution in [1.29, 1.82) is 0 Å². The van der Waals surface area contributed by atoms with Gasteiger partial charge in [0.25, 0.3) is 11.5 Å². The van der Waals surface area contributed by atoms with Crippen LogP contribution in [0.2, 0.25) is 0 Å². The van der Waals surface area contributed by atoms with Gasteiger partial charge >= 0.3 is 5.97 Å². The van der Waals surface area contributed by atoms with Crippen molar-refractivity contribution in [3.63, 3.8) is 0 Å². The number of carboxylic acid groups (broad SMARTS) is 1. The van der Waals surface area contributed by atoms with Gasteiger partial charge in [0.2, 0.25) is 0 Å². The number of nitrogens with zero attached hydrogens (tertiary/aromatic N) is 2. The summed E-state index contributed by atoms with van der Waals surface area (Å²) in [6, 6.07) is 1.50. The molecule has 8 nitrogen and oxygen atoms in total. The molecule has 2 N–H and O–H groups in total. The molecule has 1 aromatic heterocycles. The summed E-state index contributed by atoms with van der Waals surface area (Å²) in [6.07, 6.45) is 0.310. The lowest BCUT2D eigenvalue weighted by molar-refractivity contribution is -0.139. The van der Waals surface area contributed by atoms with E-state index in [0.29, 0.717) is 6.42 Å². The Bertz CT molecular complexity index is 582. The first-order valence-electron chi connectivity index (χ1n) is 6.96. The minimum atomic E-state index is -1.10. The van der Waals surface area contributed by atoms with E-state index in [1.807, 2.05) is 13.8 Å². The zero-order chi connectivity index (χ0) is 16.7. The molecule has 0 spiro atoms. The lowest BCUT2D eigenvalue weighted by Gasteiger charge is -2.16. The van der Waals surface area contributed by atoms with E-state index in [0.717, 1.165) is 4.68 Å². The largest absolute Gasteiger partial charge is 0.480 e. The lowest BCUT2D eigenvalue weighted by Crippen LogP contribution is -2.42. The second-order valence-electron chi connectivity index (χ2n) is 5.27. The van der Waals surface area contributed by atoms with Crippen LogP contribution in [0.1, 0.15) is 30.8 Å². The second kappa shape index (κ2) is 8.28. The van der Waals surface area contributed by atoms with Crippen molar-refractivity contribution in [1.82, 2.24) is 15.1 Å². The molecule has 0 aliphatic rings. The summed E-state index contributed by atoms with van der Waals surface area (Å²) in [7, 11) is 1.49. The third kappa shape index (κ3) is 5.28. The summed E-state index contributed by atoms with van der Waals surface area (Å²) in [6.45, 7) is 4.23. The number of hydrogen-bond acceptors (Lipinski definition) is 5. The summed E-state index contributed by atoms with van der Waals surface area (Å²) in [5.41, 5.74) is -0.365. The molecule has 0 bridgehead atoms. The van der Waals surface area contributed by atoms with Crippen LogP contribution in [0.15, 0.2) is 16.9 Å². The third-order valence-corrected chi connectivity index (χ3v) is 2.92. The first-order chi connectivity index (χ1) is 10.3. The van der Waals surface area contributed by atoms with Gasteiger partial charge in [0.05, 0.1) is 13.2 Å². The van der Waals surface area contributed by atoms with Crippen LogP contribution in [0.25, 0.3) is 0 Å². The molecule has 122 valence electrons. The number of aromatic nitrogens is 2. The Balaban J connectivity index is 2.88. The predicted molar refractivity (Wildman–Crippen MR) is 78.7 cm³/mol. The normalized spacial score (nSPS) is 12.2. The molecular weight excluding hydrogens is 290 g/mol. The van der Waals surface area contributed by atoms with E-state index in [4.69, 9.17) is 9.84 Å². The zero-order valence-corrected chi connectivity index (χ0v) is 12.9. The number of amides is 1. The van der Waals surface area contributed by atoms with E-state index in [9.17, 15) is 14.4 Å². The fourth-order valence-corrected chi connectivity index (χ4v) is 1.83. The Labute approximate surface area is 128 Å². The molecule has 0 radical (unpaired) electrons. The molecule has 0 aliphatic heterocycles. The number of rotatable bonds is 8. The molecule has 0 saturated carbocycles. The molecule has 1 aromatic rings. The van der Waals surface area contributed by atoms with Crippen molar-refractivity contribution in [2.45, 2.75) is 32.9 Å². The van der Waals surface area contributed by atoms with E-state index in [-0.39, 0.29) is 30.3 Å². The molecule has 1 atom stereocenters. The van der Waals surface area contributed by atoms with Gasteiger partial charge in [-0.1, -0.05) is 13.8 Å². The maximum Gasteiger partial charge on any atom is 0.326 e. The molecular formula is C14H21N3O5. The Morgan fingerprint density at radius 1 is 1.41 bits per heavy atom. The average molecular weight is 311 g/mol. The van der Waals surface area contributed by atoms with Crippen LogP contribution >= 0.6 is 0 Å². The summed E-state index contributed by atoms with van der Waals surface area (Å²) in [4.78, 5) is 34.8. The van der Waals surface area contributed by atoms with Gasteiger partial charge in [0.15, 0.2) is 0 Å². The fourth-order valence-electron chi connectivity index (χ4n) is 1.83. The zero-order valence-electron chi connectivity index (χ0n) is 12.9. The summed E-state index contributed by atoms with van der Waals surface area (Å²) >= 11 is 0. The number of carbonyl (C=O) groups excluding carboxylic acids is 1. The molecule has 0 fully saturated rings. The van der Waals surface area contributed by atoms with Gasteiger partial charge < -0.3 is 15.2 Å². The second-order valence-corrected chi connectivity index (χ2v) is 5.27. The van der Waals surface area contributed by atoms with Crippen LogP contribution in [-0.4, -0.2) is 46.5 Å². The maximum absolute atomic E-state index is 12.1. The van der Waals surface area contributed by atoms with Gasteiger partial charge in [0.1, 0.15) is 11.7 Å². The van der Waals surface area contributed by atoms with Crippen LogP contribution in [-0.2, 0) is 16.1 Å². The van der Waals surface area contributed by atoms with Crippen molar-refractivity contribution in [3.05, 3.63) is 28.2 Å². The van der Waals surface area contributed by atoms with Crippen LogP contribution in [0.3, 0.4) is 0 Å². The summed E-state index contributed by atoms with van der Waals surface area (Å²) < 4.78 is 5.97. The molecule has 8 heteroatoms. The topological polar surface area (TPSA) is 111 Å². The van der Waals surface area contributed by atoms with Crippen molar-refractivity contribution in [2.24, 2.45) is 5.92 Å². The molecule has 1 rings (SSSR count). The molecule has 0 aromatic carbocycles.